The Hall–Kier alpha value is -2.17. The Labute approximate surface area is 158 Å². The lowest BCUT2D eigenvalue weighted by Crippen LogP contribution is -2.49. The average molecular weight is 393 g/mol. The second kappa shape index (κ2) is 7.10. The molecule has 1 aromatic carbocycles. The SMILES string of the molecule is N/C(=N\S(=O)(=O)N1CCC1)C1CCC2CN1C(=O)N2OCc1ccccc1. The molecule has 3 saturated heterocycles. The zero-order chi connectivity index (χ0) is 19.0. The summed E-state index contributed by atoms with van der Waals surface area (Å²) >= 11 is 0. The van der Waals surface area contributed by atoms with Gasteiger partial charge < -0.3 is 10.6 Å². The van der Waals surface area contributed by atoms with Crippen molar-refractivity contribution in [3.05, 3.63) is 35.9 Å². The van der Waals surface area contributed by atoms with Gasteiger partial charge in [0.05, 0.1) is 12.1 Å². The van der Waals surface area contributed by atoms with Gasteiger partial charge in [0, 0.05) is 19.6 Å². The number of hydroxylamine groups is 2. The van der Waals surface area contributed by atoms with Gasteiger partial charge in [0.2, 0.25) is 0 Å². The van der Waals surface area contributed by atoms with Crippen molar-refractivity contribution in [2.24, 2.45) is 10.1 Å². The first kappa shape index (κ1) is 18.2. The predicted molar refractivity (Wildman–Crippen MR) is 98.7 cm³/mol. The van der Waals surface area contributed by atoms with Crippen LogP contribution in [0.1, 0.15) is 24.8 Å². The summed E-state index contributed by atoms with van der Waals surface area (Å²) in [6.07, 6.45) is 2.08. The first-order valence-corrected chi connectivity index (χ1v) is 10.5. The van der Waals surface area contributed by atoms with Crippen LogP contribution in [0.25, 0.3) is 0 Å². The summed E-state index contributed by atoms with van der Waals surface area (Å²) in [6.45, 7) is 1.69. The lowest BCUT2D eigenvalue weighted by Gasteiger charge is -2.31. The number of urea groups is 1. The van der Waals surface area contributed by atoms with E-state index in [1.807, 2.05) is 30.3 Å². The Balaban J connectivity index is 1.44. The standard InChI is InChI=1S/C17H23N5O4S/c18-16(19-27(24,25)20-9-4-10-20)15-8-7-14-11-21(15)17(23)22(14)26-12-13-5-2-1-3-6-13/h1-3,5-6,14-15H,4,7-12H2,(H2,18,19). The minimum atomic E-state index is -3.75. The summed E-state index contributed by atoms with van der Waals surface area (Å²) in [5.41, 5.74) is 6.97. The number of nitrogens with zero attached hydrogens (tertiary/aromatic N) is 4. The Morgan fingerprint density at radius 3 is 2.63 bits per heavy atom. The predicted octanol–water partition coefficient (Wildman–Crippen LogP) is 0.695. The van der Waals surface area contributed by atoms with Crippen molar-refractivity contribution in [1.82, 2.24) is 14.3 Å². The largest absolute Gasteiger partial charge is 0.385 e. The van der Waals surface area contributed by atoms with E-state index >= 15 is 0 Å². The zero-order valence-electron chi connectivity index (χ0n) is 14.9. The number of carbonyl (C=O) groups is 1. The van der Waals surface area contributed by atoms with Gasteiger partial charge in [0.1, 0.15) is 12.4 Å². The van der Waals surface area contributed by atoms with Gasteiger partial charge in [0.15, 0.2) is 0 Å². The molecule has 1 aromatic rings. The Kier molecular flexibility index (Phi) is 4.79. The Morgan fingerprint density at radius 2 is 1.96 bits per heavy atom. The van der Waals surface area contributed by atoms with Crippen LogP contribution in [-0.2, 0) is 21.7 Å². The maximum absolute atomic E-state index is 12.7. The maximum Gasteiger partial charge on any atom is 0.344 e. The molecular weight excluding hydrogens is 370 g/mol. The molecule has 3 heterocycles. The third-order valence-electron chi connectivity index (χ3n) is 5.24. The van der Waals surface area contributed by atoms with Gasteiger partial charge in [-0.25, -0.2) is 4.79 Å². The van der Waals surface area contributed by atoms with Gasteiger partial charge in [-0.2, -0.15) is 17.8 Å². The molecule has 0 saturated carbocycles. The van der Waals surface area contributed by atoms with Crippen molar-refractivity contribution in [3.8, 4) is 0 Å². The van der Waals surface area contributed by atoms with Crippen LogP contribution in [0.4, 0.5) is 4.79 Å². The lowest BCUT2D eigenvalue weighted by atomic mass is 10.0. The highest BCUT2D eigenvalue weighted by Gasteiger charge is 2.47. The van der Waals surface area contributed by atoms with Crippen molar-refractivity contribution in [3.63, 3.8) is 0 Å². The van der Waals surface area contributed by atoms with Gasteiger partial charge in [-0.3, -0.25) is 4.84 Å². The number of benzene rings is 1. The average Bonchev–Trinajstić information content (AvgIpc) is 2.82. The van der Waals surface area contributed by atoms with Gasteiger partial charge >= 0.3 is 16.2 Å². The minimum Gasteiger partial charge on any atom is -0.385 e. The van der Waals surface area contributed by atoms with Crippen LogP contribution in [0.3, 0.4) is 0 Å². The lowest BCUT2D eigenvalue weighted by molar-refractivity contribution is -0.140. The van der Waals surface area contributed by atoms with Crippen LogP contribution in [0.15, 0.2) is 34.7 Å². The smallest absolute Gasteiger partial charge is 0.344 e. The van der Waals surface area contributed by atoms with E-state index in [9.17, 15) is 13.2 Å². The number of amides is 2. The molecule has 0 spiro atoms. The molecule has 2 bridgehead atoms. The van der Waals surface area contributed by atoms with Crippen LogP contribution in [0.5, 0.6) is 0 Å². The molecule has 3 aliphatic heterocycles. The summed E-state index contributed by atoms with van der Waals surface area (Å²) in [7, 11) is -3.75. The first-order valence-electron chi connectivity index (χ1n) is 9.08. The third kappa shape index (κ3) is 3.52. The molecule has 9 nitrogen and oxygen atoms in total. The van der Waals surface area contributed by atoms with E-state index in [1.165, 1.54) is 9.37 Å². The highest BCUT2D eigenvalue weighted by atomic mass is 32.2. The van der Waals surface area contributed by atoms with E-state index < -0.39 is 16.3 Å². The molecular formula is C17H23N5O4S. The van der Waals surface area contributed by atoms with Crippen molar-refractivity contribution in [2.45, 2.75) is 38.0 Å². The summed E-state index contributed by atoms with van der Waals surface area (Å²) in [5, 5.41) is 1.39. The summed E-state index contributed by atoms with van der Waals surface area (Å²) in [5.74, 6) is -0.0291. The maximum atomic E-state index is 12.7. The van der Waals surface area contributed by atoms with Crippen LogP contribution < -0.4 is 5.73 Å². The molecule has 4 rings (SSSR count). The van der Waals surface area contributed by atoms with E-state index in [1.54, 1.807) is 4.90 Å². The quantitative estimate of drug-likeness (QED) is 0.565. The van der Waals surface area contributed by atoms with Gasteiger partial charge in [-0.15, -0.1) is 4.40 Å². The van der Waals surface area contributed by atoms with Crippen LogP contribution >= 0.6 is 0 Å². The van der Waals surface area contributed by atoms with E-state index in [-0.39, 0.29) is 17.9 Å². The monoisotopic (exact) mass is 393 g/mol. The number of amidine groups is 1. The normalized spacial score (nSPS) is 26.4. The van der Waals surface area contributed by atoms with Crippen molar-refractivity contribution in [2.75, 3.05) is 19.6 Å². The van der Waals surface area contributed by atoms with Crippen LogP contribution in [0, 0.1) is 0 Å². The molecule has 3 aliphatic rings. The molecule has 0 aliphatic carbocycles. The molecule has 10 heteroatoms. The van der Waals surface area contributed by atoms with Crippen LogP contribution in [-0.4, -0.2) is 66.3 Å². The number of fused-ring (bicyclic) bond motifs is 2. The molecule has 2 atom stereocenters. The molecule has 3 fully saturated rings. The van der Waals surface area contributed by atoms with E-state index in [4.69, 9.17) is 10.6 Å². The van der Waals surface area contributed by atoms with E-state index in [0.29, 0.717) is 39.1 Å². The summed E-state index contributed by atoms with van der Waals surface area (Å²) < 4.78 is 29.4. The minimum absolute atomic E-state index is 0.0291. The van der Waals surface area contributed by atoms with E-state index in [2.05, 4.69) is 4.40 Å². The second-order valence-corrected chi connectivity index (χ2v) is 8.61. The molecule has 2 N–H and O–H groups in total. The molecule has 2 unspecified atom stereocenters. The fourth-order valence-electron chi connectivity index (χ4n) is 3.59. The fourth-order valence-corrected chi connectivity index (χ4v) is 4.82. The topological polar surface area (TPSA) is 109 Å². The fraction of sp³-hybridized carbons (Fsp3) is 0.529. The first-order chi connectivity index (χ1) is 13.0. The number of hydrogen-bond acceptors (Lipinski definition) is 4. The van der Waals surface area contributed by atoms with Crippen molar-refractivity contribution < 1.29 is 18.0 Å². The number of nitrogens with two attached hydrogens (primary N) is 1. The van der Waals surface area contributed by atoms with Crippen molar-refractivity contribution >= 4 is 22.1 Å². The molecule has 146 valence electrons. The third-order valence-corrected chi connectivity index (χ3v) is 6.70. The summed E-state index contributed by atoms with van der Waals surface area (Å²) in [4.78, 5) is 20.0. The van der Waals surface area contributed by atoms with E-state index in [0.717, 1.165) is 12.0 Å². The van der Waals surface area contributed by atoms with Crippen molar-refractivity contribution in [1.29, 1.82) is 0 Å². The highest BCUT2D eigenvalue weighted by molar-refractivity contribution is 7.88. The number of rotatable bonds is 6. The highest BCUT2D eigenvalue weighted by Crippen LogP contribution is 2.31. The van der Waals surface area contributed by atoms with Gasteiger partial charge in [0.25, 0.3) is 0 Å². The zero-order valence-corrected chi connectivity index (χ0v) is 15.7. The Bertz CT molecular complexity index is 840. The molecule has 0 radical (unpaired) electrons. The number of carbonyl (C=O) groups excluding carboxylic acids is 1. The van der Waals surface area contributed by atoms with Gasteiger partial charge in [-0.1, -0.05) is 30.3 Å². The molecule has 2 amide bonds. The molecule has 0 aromatic heterocycles. The number of hydrogen-bond donors (Lipinski definition) is 1. The summed E-state index contributed by atoms with van der Waals surface area (Å²) in [6, 6.07) is 8.74. The van der Waals surface area contributed by atoms with Gasteiger partial charge in [-0.05, 0) is 24.8 Å². The molecule has 27 heavy (non-hydrogen) atoms. The Morgan fingerprint density at radius 1 is 1.22 bits per heavy atom. The van der Waals surface area contributed by atoms with Crippen LogP contribution in [0.2, 0.25) is 0 Å². The second-order valence-electron chi connectivity index (χ2n) is 7.01. The number of piperidine rings is 1.